The zero-order valence-corrected chi connectivity index (χ0v) is 11.0. The summed E-state index contributed by atoms with van der Waals surface area (Å²) in [4.78, 5) is 0. The van der Waals surface area contributed by atoms with Crippen LogP contribution in [0.4, 0.5) is 0 Å². The van der Waals surface area contributed by atoms with Gasteiger partial charge < -0.3 is 0 Å². The fourth-order valence-electron chi connectivity index (χ4n) is 1.16. The Morgan fingerprint density at radius 2 is 2.06 bits per heavy atom. The first-order chi connectivity index (χ1) is 8.16. The van der Waals surface area contributed by atoms with Crippen molar-refractivity contribution < 1.29 is 0 Å². The summed E-state index contributed by atoms with van der Waals surface area (Å²) < 4.78 is 1.63. The number of tetrazole rings is 1. The maximum absolute atomic E-state index is 5.82. The maximum Gasteiger partial charge on any atom is 0.214 e. The van der Waals surface area contributed by atoms with Crippen molar-refractivity contribution in [2.24, 2.45) is 0 Å². The summed E-state index contributed by atoms with van der Waals surface area (Å²) in [7, 11) is 0. The molecule has 2 aromatic rings. The Hall–Kier alpha value is -1.04. The molecule has 0 aliphatic carbocycles. The van der Waals surface area contributed by atoms with E-state index in [1.807, 2.05) is 12.1 Å². The molecule has 1 heterocycles. The molecule has 0 aliphatic rings. The number of hydrogen-bond acceptors (Lipinski definition) is 4. The van der Waals surface area contributed by atoms with Crippen LogP contribution in [0, 0.1) is 0 Å². The van der Waals surface area contributed by atoms with Gasteiger partial charge in [0.05, 0.1) is 5.69 Å². The molecule has 88 valence electrons. The van der Waals surface area contributed by atoms with E-state index in [4.69, 9.17) is 23.2 Å². The van der Waals surface area contributed by atoms with Gasteiger partial charge in [-0.05, 0) is 34.7 Å². The first kappa shape index (κ1) is 12.4. The normalized spacial score (nSPS) is 10.5. The third kappa shape index (κ3) is 3.21. The third-order valence-electron chi connectivity index (χ3n) is 1.87. The zero-order valence-electron chi connectivity index (χ0n) is 8.68. The molecule has 0 aliphatic heterocycles. The van der Waals surface area contributed by atoms with Crippen LogP contribution < -0.4 is 0 Å². The summed E-state index contributed by atoms with van der Waals surface area (Å²) >= 11 is 12.9. The lowest BCUT2D eigenvalue weighted by Gasteiger charge is -2.03. The second-order valence-corrected chi connectivity index (χ2v) is 5.07. The lowest BCUT2D eigenvalue weighted by Crippen LogP contribution is -1.98. The number of thioether (sulfide) groups is 1. The van der Waals surface area contributed by atoms with Crippen molar-refractivity contribution in [1.82, 2.24) is 20.2 Å². The SMILES string of the molecule is C=C(Cl)CSc1nnnn1-c1ccc(Cl)cc1. The predicted octanol–water partition coefficient (Wildman–Crippen LogP) is 3.16. The molecular formula is C10H8Cl2N4S. The molecule has 0 saturated heterocycles. The Morgan fingerprint density at radius 3 is 2.71 bits per heavy atom. The average molecular weight is 287 g/mol. The minimum atomic E-state index is 0.556. The number of aromatic nitrogens is 4. The fraction of sp³-hybridized carbons (Fsp3) is 0.100. The van der Waals surface area contributed by atoms with Crippen molar-refractivity contribution in [3.05, 3.63) is 40.9 Å². The molecule has 1 aromatic carbocycles. The summed E-state index contributed by atoms with van der Waals surface area (Å²) in [5, 5.41) is 13.4. The molecule has 0 radical (unpaired) electrons. The molecule has 0 spiro atoms. The van der Waals surface area contributed by atoms with Crippen molar-refractivity contribution in [1.29, 1.82) is 0 Å². The average Bonchev–Trinajstić information content (AvgIpc) is 2.75. The molecule has 0 N–H and O–H groups in total. The molecule has 7 heteroatoms. The van der Waals surface area contributed by atoms with Gasteiger partial charge in [-0.3, -0.25) is 0 Å². The first-order valence-corrected chi connectivity index (χ1v) is 6.41. The summed E-state index contributed by atoms with van der Waals surface area (Å²) in [6, 6.07) is 7.26. The zero-order chi connectivity index (χ0) is 12.3. The number of benzene rings is 1. The minimum Gasteiger partial charge on any atom is -0.187 e. The Bertz CT molecular complexity index is 523. The second-order valence-electron chi connectivity index (χ2n) is 3.16. The van der Waals surface area contributed by atoms with Crippen molar-refractivity contribution in [3.63, 3.8) is 0 Å². The van der Waals surface area contributed by atoms with Gasteiger partial charge in [0, 0.05) is 15.8 Å². The van der Waals surface area contributed by atoms with Crippen molar-refractivity contribution in [2.45, 2.75) is 5.16 Å². The van der Waals surface area contributed by atoms with Crippen LogP contribution in [0.2, 0.25) is 5.02 Å². The van der Waals surface area contributed by atoms with Crippen LogP contribution in [0.3, 0.4) is 0 Å². The summed E-state index contributed by atoms with van der Waals surface area (Å²) in [6.45, 7) is 3.62. The molecule has 2 rings (SSSR count). The summed E-state index contributed by atoms with van der Waals surface area (Å²) in [5.41, 5.74) is 0.849. The molecule has 0 fully saturated rings. The van der Waals surface area contributed by atoms with Crippen LogP contribution in [0.25, 0.3) is 5.69 Å². The standard InChI is InChI=1S/C10H8Cl2N4S/c1-7(11)6-17-10-13-14-15-16(10)9-4-2-8(12)3-5-9/h2-5H,1,6H2. The highest BCUT2D eigenvalue weighted by Gasteiger charge is 2.08. The van der Waals surface area contributed by atoms with Crippen LogP contribution in [-0.4, -0.2) is 26.0 Å². The van der Waals surface area contributed by atoms with Gasteiger partial charge >= 0.3 is 0 Å². The van der Waals surface area contributed by atoms with E-state index >= 15 is 0 Å². The van der Waals surface area contributed by atoms with Gasteiger partial charge in [-0.2, -0.15) is 4.68 Å². The van der Waals surface area contributed by atoms with E-state index in [1.165, 1.54) is 11.8 Å². The first-order valence-electron chi connectivity index (χ1n) is 4.67. The number of hydrogen-bond donors (Lipinski definition) is 0. The molecule has 0 saturated carbocycles. The molecular weight excluding hydrogens is 279 g/mol. The van der Waals surface area contributed by atoms with Crippen LogP contribution in [0.15, 0.2) is 41.0 Å². The van der Waals surface area contributed by atoms with Crippen LogP contribution in [-0.2, 0) is 0 Å². The van der Waals surface area contributed by atoms with Crippen molar-refractivity contribution in [2.75, 3.05) is 5.75 Å². The van der Waals surface area contributed by atoms with E-state index in [0.717, 1.165) is 5.69 Å². The quantitative estimate of drug-likeness (QED) is 0.810. The largest absolute Gasteiger partial charge is 0.214 e. The number of halogens is 2. The lowest BCUT2D eigenvalue weighted by atomic mass is 10.3. The topological polar surface area (TPSA) is 43.6 Å². The molecule has 1 aromatic heterocycles. The monoisotopic (exact) mass is 286 g/mol. The van der Waals surface area contributed by atoms with Crippen LogP contribution >= 0.6 is 35.0 Å². The smallest absolute Gasteiger partial charge is 0.187 e. The minimum absolute atomic E-state index is 0.556. The predicted molar refractivity (Wildman–Crippen MR) is 69.9 cm³/mol. The van der Waals surface area contributed by atoms with Crippen LogP contribution in [0.5, 0.6) is 0 Å². The van der Waals surface area contributed by atoms with Gasteiger partial charge in [-0.1, -0.05) is 41.5 Å². The third-order valence-corrected chi connectivity index (χ3v) is 3.42. The van der Waals surface area contributed by atoms with E-state index in [9.17, 15) is 0 Å². The van der Waals surface area contributed by atoms with E-state index < -0.39 is 0 Å². The second kappa shape index (κ2) is 5.53. The molecule has 0 bridgehead atoms. The van der Waals surface area contributed by atoms with Gasteiger partial charge in [-0.25, -0.2) is 0 Å². The highest BCUT2D eigenvalue weighted by molar-refractivity contribution is 7.99. The Kier molecular flexibility index (Phi) is 4.04. The van der Waals surface area contributed by atoms with E-state index in [-0.39, 0.29) is 0 Å². The van der Waals surface area contributed by atoms with Gasteiger partial charge in [0.1, 0.15) is 0 Å². The van der Waals surface area contributed by atoms with Crippen LogP contribution in [0.1, 0.15) is 0 Å². The van der Waals surface area contributed by atoms with Gasteiger partial charge in [-0.15, -0.1) is 5.10 Å². The van der Waals surface area contributed by atoms with Gasteiger partial charge in [0.25, 0.3) is 0 Å². The number of rotatable bonds is 4. The van der Waals surface area contributed by atoms with Gasteiger partial charge in [0.2, 0.25) is 5.16 Å². The molecule has 0 unspecified atom stereocenters. The Labute approximate surface area is 113 Å². The van der Waals surface area contributed by atoms with Crippen molar-refractivity contribution in [3.8, 4) is 5.69 Å². The van der Waals surface area contributed by atoms with Gasteiger partial charge in [0.15, 0.2) is 0 Å². The Balaban J connectivity index is 2.24. The van der Waals surface area contributed by atoms with E-state index in [0.29, 0.717) is 21.0 Å². The highest BCUT2D eigenvalue weighted by atomic mass is 35.5. The lowest BCUT2D eigenvalue weighted by molar-refractivity contribution is 0.757. The van der Waals surface area contributed by atoms with E-state index in [2.05, 4.69) is 22.1 Å². The molecule has 0 amide bonds. The Morgan fingerprint density at radius 1 is 1.35 bits per heavy atom. The summed E-state index contributed by atoms with van der Waals surface area (Å²) in [5.74, 6) is 0.565. The van der Waals surface area contributed by atoms with E-state index in [1.54, 1.807) is 16.8 Å². The molecule has 0 atom stereocenters. The van der Waals surface area contributed by atoms with Crippen molar-refractivity contribution >= 4 is 35.0 Å². The fourth-order valence-corrected chi connectivity index (χ4v) is 2.09. The molecule has 17 heavy (non-hydrogen) atoms. The molecule has 4 nitrogen and oxygen atoms in total. The maximum atomic E-state index is 5.82. The summed E-state index contributed by atoms with van der Waals surface area (Å²) in [6.07, 6.45) is 0. The highest BCUT2D eigenvalue weighted by Crippen LogP contribution is 2.21. The number of nitrogens with zero attached hydrogens (tertiary/aromatic N) is 4.